The Bertz CT molecular complexity index is 692. The van der Waals surface area contributed by atoms with Gasteiger partial charge in [0.25, 0.3) is 0 Å². The quantitative estimate of drug-likeness (QED) is 0.900. The summed E-state index contributed by atoms with van der Waals surface area (Å²) in [5.74, 6) is 0.149. The summed E-state index contributed by atoms with van der Waals surface area (Å²) in [6, 6.07) is 5.46. The fraction of sp³-hybridized carbons (Fsp3) is 0.400. The average Bonchev–Trinajstić information content (AvgIpc) is 2.98. The lowest BCUT2D eigenvalue weighted by Crippen LogP contribution is -2.34. The van der Waals surface area contributed by atoms with E-state index in [-0.39, 0.29) is 5.69 Å². The number of hydrogen-bond acceptors (Lipinski definition) is 5. The van der Waals surface area contributed by atoms with Crippen LogP contribution in [0.2, 0.25) is 0 Å². The maximum atomic E-state index is 13.5. The van der Waals surface area contributed by atoms with E-state index in [0.29, 0.717) is 11.0 Å². The van der Waals surface area contributed by atoms with Crippen molar-refractivity contribution in [2.45, 2.75) is 19.8 Å². The van der Waals surface area contributed by atoms with Gasteiger partial charge in [-0.15, -0.1) is 10.2 Å². The first kappa shape index (κ1) is 15.7. The SMILES string of the molecule is C[C@@H]1CCCN(c2nnc(NC(=O)Nc3ccccc3F)s2)C1. The highest BCUT2D eigenvalue weighted by molar-refractivity contribution is 7.19. The van der Waals surface area contributed by atoms with Crippen LogP contribution in [0.3, 0.4) is 0 Å². The number of para-hydroxylation sites is 1. The molecule has 0 unspecified atom stereocenters. The van der Waals surface area contributed by atoms with Crippen LogP contribution in [-0.2, 0) is 0 Å². The Hall–Kier alpha value is -2.22. The lowest BCUT2D eigenvalue weighted by atomic mass is 10.0. The Balaban J connectivity index is 1.60. The van der Waals surface area contributed by atoms with Gasteiger partial charge in [-0.25, -0.2) is 9.18 Å². The largest absolute Gasteiger partial charge is 0.346 e. The minimum atomic E-state index is -0.537. The number of piperidine rings is 1. The zero-order chi connectivity index (χ0) is 16.2. The van der Waals surface area contributed by atoms with E-state index < -0.39 is 11.8 Å². The van der Waals surface area contributed by atoms with Crippen LogP contribution < -0.4 is 15.5 Å². The minimum absolute atomic E-state index is 0.125. The molecule has 1 saturated heterocycles. The summed E-state index contributed by atoms with van der Waals surface area (Å²) in [4.78, 5) is 14.1. The summed E-state index contributed by atoms with van der Waals surface area (Å²) in [6.07, 6.45) is 2.36. The number of nitrogens with one attached hydrogen (secondary N) is 2. The molecular weight excluding hydrogens is 317 g/mol. The smallest absolute Gasteiger partial charge is 0.325 e. The predicted octanol–water partition coefficient (Wildman–Crippen LogP) is 3.56. The second-order valence-corrected chi connectivity index (χ2v) is 6.60. The number of urea groups is 1. The van der Waals surface area contributed by atoms with Crippen LogP contribution >= 0.6 is 11.3 Å². The first-order valence-corrected chi connectivity index (χ1v) is 8.34. The molecule has 0 aliphatic carbocycles. The van der Waals surface area contributed by atoms with Gasteiger partial charge in [0.2, 0.25) is 10.3 Å². The topological polar surface area (TPSA) is 70.2 Å². The molecule has 2 amide bonds. The van der Waals surface area contributed by atoms with Crippen LogP contribution in [0.4, 0.5) is 25.1 Å². The maximum absolute atomic E-state index is 13.5. The first-order valence-electron chi connectivity index (χ1n) is 7.53. The van der Waals surface area contributed by atoms with E-state index >= 15 is 0 Å². The highest BCUT2D eigenvalue weighted by Crippen LogP contribution is 2.28. The minimum Gasteiger partial charge on any atom is -0.346 e. The van der Waals surface area contributed by atoms with Gasteiger partial charge in [0, 0.05) is 13.1 Å². The molecule has 3 rings (SSSR count). The van der Waals surface area contributed by atoms with Crippen molar-refractivity contribution in [1.29, 1.82) is 0 Å². The molecule has 2 aromatic rings. The lowest BCUT2D eigenvalue weighted by Gasteiger charge is -2.29. The molecule has 0 spiro atoms. The van der Waals surface area contributed by atoms with Crippen molar-refractivity contribution in [3.05, 3.63) is 30.1 Å². The third-order valence-electron chi connectivity index (χ3n) is 3.68. The van der Waals surface area contributed by atoms with Crippen LogP contribution in [0.5, 0.6) is 0 Å². The van der Waals surface area contributed by atoms with Crippen molar-refractivity contribution in [2.24, 2.45) is 5.92 Å². The van der Waals surface area contributed by atoms with Gasteiger partial charge < -0.3 is 10.2 Å². The first-order chi connectivity index (χ1) is 11.1. The zero-order valence-electron chi connectivity index (χ0n) is 12.8. The number of anilines is 3. The van der Waals surface area contributed by atoms with E-state index in [9.17, 15) is 9.18 Å². The Kier molecular flexibility index (Phi) is 4.71. The Labute approximate surface area is 137 Å². The normalized spacial score (nSPS) is 17.8. The van der Waals surface area contributed by atoms with Crippen LogP contribution in [-0.4, -0.2) is 29.3 Å². The number of carbonyl (C=O) groups excluding carboxylic acids is 1. The maximum Gasteiger partial charge on any atom is 0.325 e. The summed E-state index contributed by atoms with van der Waals surface area (Å²) < 4.78 is 13.5. The second kappa shape index (κ2) is 6.91. The number of carbonyl (C=O) groups is 1. The number of rotatable bonds is 3. The van der Waals surface area contributed by atoms with Crippen molar-refractivity contribution >= 4 is 33.3 Å². The number of amides is 2. The summed E-state index contributed by atoms with van der Waals surface area (Å²) in [5, 5.41) is 14.4. The van der Waals surface area contributed by atoms with Crippen LogP contribution in [0, 0.1) is 11.7 Å². The van der Waals surface area contributed by atoms with E-state index in [0.717, 1.165) is 24.6 Å². The zero-order valence-corrected chi connectivity index (χ0v) is 13.6. The molecule has 2 heterocycles. The highest BCUT2D eigenvalue weighted by Gasteiger charge is 2.20. The average molecular weight is 335 g/mol. The Morgan fingerprint density at radius 3 is 2.96 bits per heavy atom. The molecular formula is C15H18FN5OS. The molecule has 122 valence electrons. The second-order valence-electron chi connectivity index (χ2n) is 5.64. The van der Waals surface area contributed by atoms with Gasteiger partial charge in [-0.05, 0) is 30.9 Å². The third-order valence-corrected chi connectivity index (χ3v) is 4.58. The van der Waals surface area contributed by atoms with Crippen molar-refractivity contribution in [3.8, 4) is 0 Å². The number of benzene rings is 1. The van der Waals surface area contributed by atoms with E-state index in [2.05, 4.69) is 32.7 Å². The van der Waals surface area contributed by atoms with Crippen LogP contribution in [0.15, 0.2) is 24.3 Å². The van der Waals surface area contributed by atoms with Gasteiger partial charge in [-0.1, -0.05) is 30.4 Å². The molecule has 6 nitrogen and oxygen atoms in total. The fourth-order valence-corrected chi connectivity index (χ4v) is 3.35. The number of hydrogen-bond donors (Lipinski definition) is 2. The molecule has 1 fully saturated rings. The van der Waals surface area contributed by atoms with Gasteiger partial charge in [-0.3, -0.25) is 5.32 Å². The van der Waals surface area contributed by atoms with Crippen molar-refractivity contribution in [1.82, 2.24) is 10.2 Å². The van der Waals surface area contributed by atoms with Crippen molar-refractivity contribution in [3.63, 3.8) is 0 Å². The van der Waals surface area contributed by atoms with Crippen LogP contribution in [0.1, 0.15) is 19.8 Å². The molecule has 23 heavy (non-hydrogen) atoms. The monoisotopic (exact) mass is 335 g/mol. The number of aromatic nitrogens is 2. The van der Waals surface area contributed by atoms with Crippen LogP contribution in [0.25, 0.3) is 0 Å². The fourth-order valence-electron chi connectivity index (χ4n) is 2.57. The molecule has 0 saturated carbocycles. The highest BCUT2D eigenvalue weighted by atomic mass is 32.1. The Morgan fingerprint density at radius 2 is 2.17 bits per heavy atom. The summed E-state index contributed by atoms with van der Waals surface area (Å²) in [7, 11) is 0. The molecule has 1 aromatic heterocycles. The predicted molar refractivity (Wildman–Crippen MR) is 89.6 cm³/mol. The Morgan fingerprint density at radius 1 is 1.35 bits per heavy atom. The molecule has 0 bridgehead atoms. The molecule has 1 aliphatic rings. The summed E-state index contributed by atoms with van der Waals surface area (Å²) in [5.41, 5.74) is 0.125. The molecule has 1 aliphatic heterocycles. The molecule has 1 atom stereocenters. The van der Waals surface area contributed by atoms with E-state index in [1.165, 1.54) is 29.9 Å². The van der Waals surface area contributed by atoms with Gasteiger partial charge in [0.05, 0.1) is 5.69 Å². The molecule has 0 radical (unpaired) electrons. The molecule has 8 heteroatoms. The summed E-state index contributed by atoms with van der Waals surface area (Å²) in [6.45, 7) is 4.13. The van der Waals surface area contributed by atoms with Gasteiger partial charge in [-0.2, -0.15) is 0 Å². The number of nitrogens with zero attached hydrogens (tertiary/aromatic N) is 3. The van der Waals surface area contributed by atoms with Gasteiger partial charge in [0.15, 0.2) is 0 Å². The van der Waals surface area contributed by atoms with Crippen molar-refractivity contribution < 1.29 is 9.18 Å². The van der Waals surface area contributed by atoms with E-state index in [1.807, 2.05) is 0 Å². The lowest BCUT2D eigenvalue weighted by molar-refractivity contribution is 0.262. The summed E-state index contributed by atoms with van der Waals surface area (Å²) >= 11 is 1.32. The van der Waals surface area contributed by atoms with Crippen molar-refractivity contribution in [2.75, 3.05) is 28.6 Å². The van der Waals surface area contributed by atoms with Gasteiger partial charge >= 0.3 is 6.03 Å². The molecule has 2 N–H and O–H groups in total. The number of halogens is 1. The van der Waals surface area contributed by atoms with Gasteiger partial charge in [0.1, 0.15) is 5.82 Å². The standard InChI is InChI=1S/C15H18FN5OS/c1-10-5-4-8-21(9-10)15-20-19-14(23-15)18-13(22)17-12-7-3-2-6-11(12)16/h2-3,6-7,10H,4-5,8-9H2,1H3,(H2,17,18,19,22)/t10-/m1/s1. The van der Waals surface area contributed by atoms with E-state index in [4.69, 9.17) is 0 Å². The van der Waals surface area contributed by atoms with E-state index in [1.54, 1.807) is 12.1 Å². The third kappa shape index (κ3) is 3.95. The molecule has 1 aromatic carbocycles.